The van der Waals surface area contributed by atoms with Crippen molar-refractivity contribution >= 4 is 17.1 Å². The van der Waals surface area contributed by atoms with E-state index in [-0.39, 0.29) is 5.75 Å². The molecule has 0 spiro atoms. The minimum absolute atomic E-state index is 0.251. The molecule has 5 rings (SSSR count). The molecule has 7 nitrogen and oxygen atoms in total. The summed E-state index contributed by atoms with van der Waals surface area (Å²) in [5.41, 5.74) is 3.38. The molecule has 2 aliphatic heterocycles. The molecule has 3 aromatic rings. The highest BCUT2D eigenvalue weighted by molar-refractivity contribution is 5.81. The summed E-state index contributed by atoms with van der Waals surface area (Å²) in [6, 6.07) is 7.44. The van der Waals surface area contributed by atoms with E-state index in [1.807, 2.05) is 25.1 Å². The van der Waals surface area contributed by atoms with Crippen molar-refractivity contribution in [1.82, 2.24) is 24.8 Å². The Bertz CT molecular complexity index is 1030. The molecule has 0 unspecified atom stereocenters. The summed E-state index contributed by atoms with van der Waals surface area (Å²) in [5.74, 6) is 2.56. The van der Waals surface area contributed by atoms with Crippen molar-refractivity contribution in [3.05, 3.63) is 30.0 Å². The minimum Gasteiger partial charge on any atom is -0.507 e. The lowest BCUT2D eigenvalue weighted by molar-refractivity contribution is 0.339. The predicted molar refractivity (Wildman–Crippen MR) is 119 cm³/mol. The number of aromatic nitrogens is 4. The van der Waals surface area contributed by atoms with Crippen LogP contribution in [0.25, 0.3) is 22.6 Å². The van der Waals surface area contributed by atoms with Gasteiger partial charge in [-0.15, -0.1) is 0 Å². The molecule has 2 aliphatic rings. The van der Waals surface area contributed by atoms with E-state index < -0.39 is 0 Å². The molecule has 0 radical (unpaired) electrons. The number of aryl methyl sites for hydroxylation is 2. The van der Waals surface area contributed by atoms with Gasteiger partial charge in [0.25, 0.3) is 0 Å². The van der Waals surface area contributed by atoms with Crippen LogP contribution in [0.4, 0.5) is 5.95 Å². The van der Waals surface area contributed by atoms with Crippen molar-refractivity contribution in [2.75, 3.05) is 31.1 Å². The third kappa shape index (κ3) is 3.62. The summed E-state index contributed by atoms with van der Waals surface area (Å²) < 4.78 is 2.21. The summed E-state index contributed by atoms with van der Waals surface area (Å²) in [4.78, 5) is 16.9. The van der Waals surface area contributed by atoms with Crippen LogP contribution in [-0.2, 0) is 6.54 Å². The van der Waals surface area contributed by atoms with Gasteiger partial charge in [0, 0.05) is 19.6 Å². The standard InChI is InChI=1S/C23H30N6O/c1-16-20-22(27-23(25-16)28-13-4-5-14-28)29(15-10-17-8-11-24-12-9-17)21(26-20)18-6-2-3-7-19(18)30/h2-3,6-7,17,24,30H,4-5,8-15H2,1H3. The lowest BCUT2D eigenvalue weighted by atomic mass is 9.95. The van der Waals surface area contributed by atoms with E-state index in [4.69, 9.17) is 15.0 Å². The predicted octanol–water partition coefficient (Wildman–Crippen LogP) is 3.50. The molecule has 2 fully saturated rings. The van der Waals surface area contributed by atoms with E-state index in [9.17, 15) is 5.11 Å². The number of piperidine rings is 1. The van der Waals surface area contributed by atoms with Crippen LogP contribution in [0.3, 0.4) is 0 Å². The van der Waals surface area contributed by atoms with Crippen LogP contribution in [-0.4, -0.2) is 50.8 Å². The Hall–Kier alpha value is -2.67. The van der Waals surface area contributed by atoms with Gasteiger partial charge in [0.15, 0.2) is 5.65 Å². The second-order valence-electron chi connectivity index (χ2n) is 8.56. The van der Waals surface area contributed by atoms with E-state index >= 15 is 0 Å². The molecule has 0 aliphatic carbocycles. The Morgan fingerprint density at radius 2 is 1.83 bits per heavy atom. The Labute approximate surface area is 177 Å². The lowest BCUT2D eigenvalue weighted by Crippen LogP contribution is -2.28. The highest BCUT2D eigenvalue weighted by Gasteiger charge is 2.23. The topological polar surface area (TPSA) is 79.1 Å². The summed E-state index contributed by atoms with van der Waals surface area (Å²) in [6.07, 6.45) is 5.91. The van der Waals surface area contributed by atoms with Crippen LogP contribution in [0, 0.1) is 12.8 Å². The zero-order valence-corrected chi connectivity index (χ0v) is 17.6. The number of phenolic OH excluding ortho intramolecular Hbond substituents is 1. The number of hydrogen-bond donors (Lipinski definition) is 2. The van der Waals surface area contributed by atoms with E-state index in [1.54, 1.807) is 6.07 Å². The average Bonchev–Trinajstić information content (AvgIpc) is 3.42. The van der Waals surface area contributed by atoms with Crippen molar-refractivity contribution in [2.45, 2.75) is 45.6 Å². The molecule has 2 aromatic heterocycles. The SMILES string of the molecule is Cc1nc(N2CCCC2)nc2c1nc(-c1ccccc1O)n2CCC1CCNCC1. The number of nitrogens with one attached hydrogen (secondary N) is 1. The Kier molecular flexibility index (Phi) is 5.29. The minimum atomic E-state index is 0.251. The van der Waals surface area contributed by atoms with Gasteiger partial charge in [-0.25, -0.2) is 9.97 Å². The third-order valence-electron chi connectivity index (χ3n) is 6.51. The molecule has 0 bridgehead atoms. The quantitative estimate of drug-likeness (QED) is 0.675. The molecule has 2 N–H and O–H groups in total. The molecule has 0 atom stereocenters. The average molecular weight is 407 g/mol. The first-order valence-electron chi connectivity index (χ1n) is 11.2. The lowest BCUT2D eigenvalue weighted by Gasteiger charge is -2.23. The van der Waals surface area contributed by atoms with Gasteiger partial charge in [-0.05, 0) is 70.2 Å². The number of nitrogens with zero attached hydrogens (tertiary/aromatic N) is 5. The largest absolute Gasteiger partial charge is 0.507 e. The zero-order valence-electron chi connectivity index (χ0n) is 17.6. The molecule has 4 heterocycles. The fourth-order valence-corrected chi connectivity index (χ4v) is 4.74. The second kappa shape index (κ2) is 8.22. The molecule has 30 heavy (non-hydrogen) atoms. The van der Waals surface area contributed by atoms with E-state index in [0.717, 1.165) is 73.3 Å². The van der Waals surface area contributed by atoms with Crippen LogP contribution >= 0.6 is 0 Å². The second-order valence-corrected chi connectivity index (χ2v) is 8.56. The first-order valence-corrected chi connectivity index (χ1v) is 11.2. The van der Waals surface area contributed by atoms with Crippen molar-refractivity contribution < 1.29 is 5.11 Å². The highest BCUT2D eigenvalue weighted by atomic mass is 16.3. The number of aromatic hydroxyl groups is 1. The maximum Gasteiger partial charge on any atom is 0.227 e. The summed E-state index contributed by atoms with van der Waals surface area (Å²) >= 11 is 0. The molecule has 1 aromatic carbocycles. The van der Waals surface area contributed by atoms with E-state index in [0.29, 0.717) is 5.92 Å². The Morgan fingerprint density at radius 3 is 2.60 bits per heavy atom. The number of phenols is 1. The van der Waals surface area contributed by atoms with Crippen LogP contribution in [0.5, 0.6) is 5.75 Å². The first-order chi connectivity index (χ1) is 14.7. The number of para-hydroxylation sites is 1. The van der Waals surface area contributed by atoms with E-state index in [2.05, 4.69) is 14.8 Å². The summed E-state index contributed by atoms with van der Waals surface area (Å²) in [5, 5.41) is 14.0. The fraction of sp³-hybridized carbons (Fsp3) is 0.522. The number of fused-ring (bicyclic) bond motifs is 1. The zero-order chi connectivity index (χ0) is 20.5. The molecule has 2 saturated heterocycles. The smallest absolute Gasteiger partial charge is 0.227 e. The highest BCUT2D eigenvalue weighted by Crippen LogP contribution is 2.33. The van der Waals surface area contributed by atoms with Gasteiger partial charge in [0.1, 0.15) is 17.1 Å². The molecular formula is C23H30N6O. The molecular weight excluding hydrogens is 376 g/mol. The number of anilines is 1. The maximum absolute atomic E-state index is 10.5. The Balaban J connectivity index is 1.59. The molecule has 158 valence electrons. The van der Waals surface area contributed by atoms with Crippen molar-refractivity contribution in [2.24, 2.45) is 5.92 Å². The maximum atomic E-state index is 10.5. The molecule has 0 saturated carbocycles. The summed E-state index contributed by atoms with van der Waals surface area (Å²) in [7, 11) is 0. The number of hydrogen-bond acceptors (Lipinski definition) is 6. The van der Waals surface area contributed by atoms with Crippen LogP contribution in [0.2, 0.25) is 0 Å². The Morgan fingerprint density at radius 1 is 1.07 bits per heavy atom. The molecule has 7 heteroatoms. The number of imidazole rings is 1. The third-order valence-corrected chi connectivity index (χ3v) is 6.51. The molecule has 0 amide bonds. The van der Waals surface area contributed by atoms with Gasteiger partial charge >= 0.3 is 0 Å². The number of rotatable bonds is 5. The van der Waals surface area contributed by atoms with Crippen LogP contribution in [0.1, 0.15) is 37.8 Å². The van der Waals surface area contributed by atoms with Crippen molar-refractivity contribution in [1.29, 1.82) is 0 Å². The van der Waals surface area contributed by atoms with Crippen LogP contribution < -0.4 is 10.2 Å². The van der Waals surface area contributed by atoms with Crippen LogP contribution in [0.15, 0.2) is 24.3 Å². The van der Waals surface area contributed by atoms with Gasteiger partial charge in [-0.1, -0.05) is 12.1 Å². The fourth-order valence-electron chi connectivity index (χ4n) is 4.74. The van der Waals surface area contributed by atoms with Gasteiger partial charge in [0.2, 0.25) is 5.95 Å². The van der Waals surface area contributed by atoms with Gasteiger partial charge in [0.05, 0.1) is 11.3 Å². The summed E-state index contributed by atoms with van der Waals surface area (Å²) in [6.45, 7) is 7.09. The monoisotopic (exact) mass is 406 g/mol. The number of benzene rings is 1. The van der Waals surface area contributed by atoms with Crippen molar-refractivity contribution in [3.63, 3.8) is 0 Å². The first kappa shape index (κ1) is 19.3. The van der Waals surface area contributed by atoms with Crippen molar-refractivity contribution in [3.8, 4) is 17.1 Å². The van der Waals surface area contributed by atoms with Gasteiger partial charge in [-0.2, -0.15) is 4.98 Å². The normalized spacial score (nSPS) is 17.8. The van der Waals surface area contributed by atoms with Gasteiger partial charge < -0.3 is 19.9 Å². The van der Waals surface area contributed by atoms with E-state index in [1.165, 1.54) is 25.7 Å². The van der Waals surface area contributed by atoms with Gasteiger partial charge in [-0.3, -0.25) is 0 Å².